The van der Waals surface area contributed by atoms with Gasteiger partial charge in [0.25, 0.3) is 0 Å². The van der Waals surface area contributed by atoms with Gasteiger partial charge in [-0.2, -0.15) is 0 Å². The van der Waals surface area contributed by atoms with Crippen LogP contribution in [0.25, 0.3) is 11.3 Å². The third kappa shape index (κ3) is 7.02. The highest BCUT2D eigenvalue weighted by molar-refractivity contribution is 5.98. The summed E-state index contributed by atoms with van der Waals surface area (Å²) in [6, 6.07) is 5.40. The van der Waals surface area contributed by atoms with Gasteiger partial charge in [0.05, 0.1) is 35.8 Å². The molecule has 4 heterocycles. The summed E-state index contributed by atoms with van der Waals surface area (Å²) in [5.41, 5.74) is 1.36. The smallest absolute Gasteiger partial charge is 0.237 e. The number of hydrogen-bond donors (Lipinski definition) is 1. The number of carbonyl (C=O) groups is 1. The van der Waals surface area contributed by atoms with Gasteiger partial charge in [-0.15, -0.1) is 0 Å². The van der Waals surface area contributed by atoms with Crippen molar-refractivity contribution in [3.63, 3.8) is 0 Å². The predicted molar refractivity (Wildman–Crippen MR) is 140 cm³/mol. The molecule has 3 aromatic heterocycles. The first-order valence-electron chi connectivity index (χ1n) is 12.2. The van der Waals surface area contributed by atoms with Crippen LogP contribution in [-0.2, 0) is 14.9 Å². The molecule has 9 nitrogen and oxygen atoms in total. The molecule has 0 saturated carbocycles. The number of hydrogen-bond acceptors (Lipinski definition) is 8. The Balaban J connectivity index is 0.00000206. The summed E-state index contributed by atoms with van der Waals surface area (Å²) in [6.45, 7) is 13.2. The van der Waals surface area contributed by atoms with E-state index in [0.717, 1.165) is 5.56 Å². The second-order valence-corrected chi connectivity index (χ2v) is 7.25. The first kappa shape index (κ1) is 27.8. The molecule has 35 heavy (non-hydrogen) atoms. The maximum atomic E-state index is 13.4. The van der Waals surface area contributed by atoms with Gasteiger partial charge in [0, 0.05) is 34.0 Å². The quantitative estimate of drug-likeness (QED) is 0.504. The number of aryl methyl sites for hydroxylation is 1. The summed E-state index contributed by atoms with van der Waals surface area (Å²) in [6.07, 6.45) is 7.65. The molecule has 192 valence electrons. The van der Waals surface area contributed by atoms with Crippen LogP contribution in [0.3, 0.4) is 0 Å². The van der Waals surface area contributed by atoms with Gasteiger partial charge in [-0.05, 0) is 44.9 Å². The van der Waals surface area contributed by atoms with Gasteiger partial charge >= 0.3 is 0 Å². The Hall–Kier alpha value is -3.46. The third-order valence-electron chi connectivity index (χ3n) is 5.25. The van der Waals surface area contributed by atoms with Crippen molar-refractivity contribution in [3.05, 3.63) is 54.5 Å². The number of rotatable bonds is 6. The molecule has 0 radical (unpaired) electrons. The molecule has 1 aliphatic heterocycles. The van der Waals surface area contributed by atoms with E-state index in [2.05, 4.69) is 30.2 Å². The van der Waals surface area contributed by atoms with Crippen LogP contribution in [0.4, 0.5) is 5.82 Å². The number of nitrogens with zero attached hydrogens (tertiary/aromatic N) is 5. The predicted octanol–water partition coefficient (Wildman–Crippen LogP) is 5.27. The largest absolute Gasteiger partial charge is 0.477 e. The number of ether oxygens (including phenoxy) is 2. The molecule has 0 spiro atoms. The van der Waals surface area contributed by atoms with Crippen molar-refractivity contribution in [2.45, 2.75) is 59.8 Å². The Labute approximate surface area is 210 Å². The Morgan fingerprint density at radius 3 is 2.43 bits per heavy atom. The topological polar surface area (TPSA) is 112 Å². The molecule has 0 unspecified atom stereocenters. The average molecular weight is 485 g/mol. The zero-order valence-corrected chi connectivity index (χ0v) is 21.5. The van der Waals surface area contributed by atoms with Crippen LogP contribution >= 0.6 is 0 Å². The molecular weight excluding hydrogens is 444 g/mol. The summed E-state index contributed by atoms with van der Waals surface area (Å²) in [5.74, 6) is 1.40. The molecule has 0 aliphatic carbocycles. The SMILES string of the molecule is CC.CC.CCOc1cncc(-c2ccc(NC(=O)C3(c4ccnc(C)n4)CCOCC3)nc2)n1.[HH].[HH]. The van der Waals surface area contributed by atoms with Crippen LogP contribution in [-0.4, -0.2) is 50.6 Å². The average Bonchev–Trinajstić information content (AvgIpc) is 2.92. The number of carbonyl (C=O) groups excluding carboxylic acids is 1. The lowest BCUT2D eigenvalue weighted by Gasteiger charge is -2.35. The second-order valence-electron chi connectivity index (χ2n) is 7.25. The van der Waals surface area contributed by atoms with Crippen LogP contribution in [0, 0.1) is 6.92 Å². The molecular formula is C26H40N6O3. The van der Waals surface area contributed by atoms with E-state index in [1.54, 1.807) is 36.9 Å². The van der Waals surface area contributed by atoms with Crippen LogP contribution in [0.2, 0.25) is 0 Å². The van der Waals surface area contributed by atoms with Crippen molar-refractivity contribution >= 4 is 11.7 Å². The Kier molecular flexibility index (Phi) is 11.2. The van der Waals surface area contributed by atoms with Crippen LogP contribution in [0.5, 0.6) is 5.88 Å². The molecule has 1 amide bonds. The van der Waals surface area contributed by atoms with Gasteiger partial charge in [-0.25, -0.2) is 19.9 Å². The van der Waals surface area contributed by atoms with Crippen LogP contribution < -0.4 is 10.1 Å². The number of nitrogens with one attached hydrogen (secondary N) is 1. The van der Waals surface area contributed by atoms with E-state index < -0.39 is 5.41 Å². The van der Waals surface area contributed by atoms with Gasteiger partial charge in [0.1, 0.15) is 11.6 Å². The highest BCUT2D eigenvalue weighted by Crippen LogP contribution is 2.35. The minimum Gasteiger partial charge on any atom is -0.477 e. The highest BCUT2D eigenvalue weighted by atomic mass is 16.5. The summed E-state index contributed by atoms with van der Waals surface area (Å²) in [5, 5.41) is 2.95. The fraction of sp³-hybridized carbons (Fsp3) is 0.462. The van der Waals surface area contributed by atoms with Crippen molar-refractivity contribution in [2.75, 3.05) is 25.1 Å². The second kappa shape index (κ2) is 14.1. The monoisotopic (exact) mass is 484 g/mol. The lowest BCUT2D eigenvalue weighted by molar-refractivity contribution is -0.125. The fourth-order valence-corrected chi connectivity index (χ4v) is 3.60. The molecule has 1 fully saturated rings. The first-order chi connectivity index (χ1) is 17.1. The molecule has 4 rings (SSSR count). The maximum Gasteiger partial charge on any atom is 0.237 e. The lowest BCUT2D eigenvalue weighted by Crippen LogP contribution is -2.45. The molecule has 0 atom stereocenters. The molecule has 1 saturated heterocycles. The molecule has 9 heteroatoms. The zero-order chi connectivity index (χ0) is 25.7. The maximum absolute atomic E-state index is 13.4. The fourth-order valence-electron chi connectivity index (χ4n) is 3.60. The molecule has 0 aromatic carbocycles. The summed E-state index contributed by atoms with van der Waals surface area (Å²) in [4.78, 5) is 35.0. The van der Waals surface area contributed by atoms with Gasteiger partial charge in [-0.3, -0.25) is 9.78 Å². The minimum absolute atomic E-state index is 0. The highest BCUT2D eigenvalue weighted by Gasteiger charge is 2.43. The zero-order valence-electron chi connectivity index (χ0n) is 21.5. The van der Waals surface area contributed by atoms with E-state index in [9.17, 15) is 4.79 Å². The summed E-state index contributed by atoms with van der Waals surface area (Å²) in [7, 11) is 0. The molecule has 1 N–H and O–H groups in total. The number of amides is 1. The van der Waals surface area contributed by atoms with Crippen LogP contribution in [0.15, 0.2) is 43.0 Å². The summed E-state index contributed by atoms with van der Waals surface area (Å²) < 4.78 is 10.9. The molecule has 3 aromatic rings. The van der Waals surface area contributed by atoms with Crippen molar-refractivity contribution < 1.29 is 17.1 Å². The summed E-state index contributed by atoms with van der Waals surface area (Å²) >= 11 is 0. The van der Waals surface area contributed by atoms with E-state index in [-0.39, 0.29) is 8.76 Å². The Morgan fingerprint density at radius 1 is 1.06 bits per heavy atom. The van der Waals surface area contributed by atoms with Gasteiger partial charge in [0.15, 0.2) is 0 Å². The Morgan fingerprint density at radius 2 is 1.80 bits per heavy atom. The van der Waals surface area contributed by atoms with Gasteiger partial charge < -0.3 is 14.8 Å². The normalized spacial score (nSPS) is 13.9. The van der Waals surface area contributed by atoms with E-state index >= 15 is 0 Å². The minimum atomic E-state index is -0.774. The van der Waals surface area contributed by atoms with Crippen molar-refractivity contribution in [2.24, 2.45) is 0 Å². The number of anilines is 1. The Bertz CT molecular complexity index is 1060. The van der Waals surface area contributed by atoms with E-state index in [0.29, 0.717) is 61.6 Å². The van der Waals surface area contributed by atoms with Crippen LogP contribution in [0.1, 0.15) is 61.8 Å². The van der Waals surface area contributed by atoms with Crippen molar-refractivity contribution in [1.29, 1.82) is 0 Å². The van der Waals surface area contributed by atoms with E-state index in [1.165, 1.54) is 0 Å². The lowest BCUT2D eigenvalue weighted by atomic mass is 9.76. The molecule has 1 aliphatic rings. The molecule has 0 bridgehead atoms. The standard InChI is InChI=1S/C22H24N6O3.2C2H6.2H2/c1-3-31-20-14-23-13-17(27-20)16-4-5-19(25-12-16)28-21(29)22(7-10-30-11-8-22)18-6-9-24-15(2)26-18;2*1-2;;/h4-6,9,12-14H,3,7-8,10-11H2,1-2H3,(H,25,28,29);2*1-2H3;2*1H. The van der Waals surface area contributed by atoms with Gasteiger partial charge in [-0.1, -0.05) is 27.7 Å². The van der Waals surface area contributed by atoms with Crippen molar-refractivity contribution in [3.8, 4) is 17.1 Å². The number of pyridine rings is 1. The first-order valence-corrected chi connectivity index (χ1v) is 12.2. The number of aromatic nitrogens is 5. The van der Waals surface area contributed by atoms with E-state index in [4.69, 9.17) is 9.47 Å². The van der Waals surface area contributed by atoms with Crippen molar-refractivity contribution in [1.82, 2.24) is 24.9 Å². The third-order valence-corrected chi connectivity index (χ3v) is 5.25. The van der Waals surface area contributed by atoms with Gasteiger partial charge in [0.2, 0.25) is 11.8 Å². The van der Waals surface area contributed by atoms with E-state index in [1.807, 2.05) is 47.6 Å².